The van der Waals surface area contributed by atoms with E-state index in [1.54, 1.807) is 20.3 Å². The van der Waals surface area contributed by atoms with Gasteiger partial charge in [-0.2, -0.15) is 0 Å². The number of nitrogens with one attached hydrogen (secondary N) is 1. The van der Waals surface area contributed by atoms with Crippen LogP contribution in [0.4, 0.5) is 0 Å². The maximum Gasteiger partial charge on any atom is 0.254 e. The number of aliphatic hydroxyl groups excluding tert-OH is 1. The van der Waals surface area contributed by atoms with E-state index < -0.39 is 0 Å². The first kappa shape index (κ1) is 21.3. The summed E-state index contributed by atoms with van der Waals surface area (Å²) in [6.45, 7) is 10.8. The number of benzene rings is 1. The molecule has 25 heavy (non-hydrogen) atoms. The Morgan fingerprint density at radius 2 is 1.80 bits per heavy atom. The number of hydrogen-bond acceptors (Lipinski definition) is 5. The number of methoxy groups -OCH3 is 2. The van der Waals surface area contributed by atoms with Gasteiger partial charge in [0.1, 0.15) is 11.5 Å². The first-order valence-electron chi connectivity index (χ1n) is 8.68. The molecule has 0 heterocycles. The number of hydrogen-bond donors (Lipinski definition) is 2. The van der Waals surface area contributed by atoms with Crippen LogP contribution >= 0.6 is 0 Å². The summed E-state index contributed by atoms with van der Waals surface area (Å²) in [7, 11) is 3.18. The lowest BCUT2D eigenvalue weighted by Crippen LogP contribution is -2.42. The number of carbonyl (C=O) groups excluding carboxylic acids is 1. The van der Waals surface area contributed by atoms with Crippen molar-refractivity contribution in [2.45, 2.75) is 53.2 Å². The molecule has 0 radical (unpaired) electrons. The van der Waals surface area contributed by atoms with E-state index in [4.69, 9.17) is 14.6 Å². The summed E-state index contributed by atoms with van der Waals surface area (Å²) in [4.78, 5) is 15.1. The van der Waals surface area contributed by atoms with Crippen LogP contribution in [0.2, 0.25) is 0 Å². The Bertz CT molecular complexity index is 577. The molecule has 1 rings (SSSR count). The first-order chi connectivity index (χ1) is 11.8. The summed E-state index contributed by atoms with van der Waals surface area (Å²) >= 11 is 0. The quantitative estimate of drug-likeness (QED) is 0.668. The van der Waals surface area contributed by atoms with Crippen LogP contribution in [0.15, 0.2) is 6.07 Å². The van der Waals surface area contributed by atoms with Crippen molar-refractivity contribution in [1.29, 1.82) is 0 Å². The topological polar surface area (TPSA) is 71.0 Å². The highest BCUT2D eigenvalue weighted by Crippen LogP contribution is 2.35. The van der Waals surface area contributed by atoms with E-state index in [1.807, 2.05) is 39.5 Å². The minimum Gasteiger partial charge on any atom is -0.496 e. The first-order valence-corrected chi connectivity index (χ1v) is 8.68. The largest absolute Gasteiger partial charge is 0.496 e. The Hall–Kier alpha value is -1.79. The van der Waals surface area contributed by atoms with Crippen LogP contribution in [0.3, 0.4) is 0 Å². The molecule has 142 valence electrons. The van der Waals surface area contributed by atoms with E-state index >= 15 is 0 Å². The van der Waals surface area contributed by atoms with E-state index in [-0.39, 0.29) is 24.6 Å². The van der Waals surface area contributed by atoms with Crippen molar-refractivity contribution >= 4 is 5.91 Å². The summed E-state index contributed by atoms with van der Waals surface area (Å²) < 4.78 is 11.0. The van der Waals surface area contributed by atoms with Crippen LogP contribution < -0.4 is 14.8 Å². The molecular weight excluding hydrogens is 320 g/mol. The number of ether oxygens (including phenoxy) is 2. The van der Waals surface area contributed by atoms with Crippen LogP contribution in [-0.4, -0.2) is 55.4 Å². The predicted octanol–water partition coefficient (Wildman–Crippen LogP) is 2.35. The number of nitrogens with zero attached hydrogens (tertiary/aromatic N) is 1. The van der Waals surface area contributed by atoms with Gasteiger partial charge in [0.15, 0.2) is 0 Å². The third-order valence-electron chi connectivity index (χ3n) is 4.18. The lowest BCUT2D eigenvalue weighted by Gasteiger charge is -2.32. The van der Waals surface area contributed by atoms with Crippen molar-refractivity contribution in [2.24, 2.45) is 0 Å². The molecule has 0 aliphatic carbocycles. The maximum absolute atomic E-state index is 13.3. The van der Waals surface area contributed by atoms with E-state index in [0.717, 1.165) is 11.1 Å². The highest BCUT2D eigenvalue weighted by Gasteiger charge is 2.27. The normalized spacial score (nSPS) is 11.1. The van der Waals surface area contributed by atoms with Gasteiger partial charge in [-0.15, -0.1) is 0 Å². The molecule has 0 spiro atoms. The Labute approximate surface area is 151 Å². The Balaban J connectivity index is 3.50. The number of rotatable bonds is 9. The molecule has 2 N–H and O–H groups in total. The fourth-order valence-electron chi connectivity index (χ4n) is 3.14. The van der Waals surface area contributed by atoms with Gasteiger partial charge < -0.3 is 24.8 Å². The average Bonchev–Trinajstić information content (AvgIpc) is 2.54. The molecule has 0 aliphatic rings. The summed E-state index contributed by atoms with van der Waals surface area (Å²) in [5.41, 5.74) is 2.20. The Morgan fingerprint density at radius 3 is 2.24 bits per heavy atom. The highest BCUT2D eigenvalue weighted by atomic mass is 16.5. The van der Waals surface area contributed by atoms with Crippen LogP contribution in [0.1, 0.15) is 49.2 Å². The molecule has 0 fully saturated rings. The molecule has 6 nitrogen and oxygen atoms in total. The number of carbonyl (C=O) groups is 1. The Morgan fingerprint density at radius 1 is 1.20 bits per heavy atom. The fourth-order valence-corrected chi connectivity index (χ4v) is 3.14. The minimum atomic E-state index is -0.0533. The van der Waals surface area contributed by atoms with Gasteiger partial charge in [0, 0.05) is 36.3 Å². The molecule has 0 aliphatic heterocycles. The van der Waals surface area contributed by atoms with Gasteiger partial charge >= 0.3 is 0 Å². The molecule has 0 saturated carbocycles. The van der Waals surface area contributed by atoms with E-state index in [0.29, 0.717) is 30.2 Å². The second kappa shape index (κ2) is 9.63. The molecule has 1 aromatic carbocycles. The highest BCUT2D eigenvalue weighted by molar-refractivity contribution is 5.97. The maximum atomic E-state index is 13.3. The lowest BCUT2D eigenvalue weighted by atomic mass is 9.99. The predicted molar refractivity (Wildman–Crippen MR) is 99.5 cm³/mol. The third-order valence-corrected chi connectivity index (χ3v) is 4.18. The van der Waals surface area contributed by atoms with Crippen molar-refractivity contribution in [1.82, 2.24) is 10.2 Å². The van der Waals surface area contributed by atoms with E-state index in [9.17, 15) is 4.79 Å². The second-order valence-corrected chi connectivity index (χ2v) is 6.56. The third kappa shape index (κ3) is 4.86. The number of amides is 1. The monoisotopic (exact) mass is 352 g/mol. The smallest absolute Gasteiger partial charge is 0.254 e. The number of aliphatic hydroxyl groups is 1. The molecule has 1 aromatic rings. The zero-order chi connectivity index (χ0) is 19.1. The average molecular weight is 352 g/mol. The zero-order valence-electron chi connectivity index (χ0n) is 16.5. The fraction of sp³-hybridized carbons (Fsp3) is 0.632. The van der Waals surface area contributed by atoms with Gasteiger partial charge in [-0.25, -0.2) is 0 Å². The van der Waals surface area contributed by atoms with Gasteiger partial charge in [0.2, 0.25) is 0 Å². The van der Waals surface area contributed by atoms with Crippen molar-refractivity contribution < 1.29 is 19.4 Å². The SMILES string of the molecule is COc1cc(C(=O)N(C(C)C)C(C)C)c(CNCCO)c(OC)c1C. The lowest BCUT2D eigenvalue weighted by molar-refractivity contribution is 0.0641. The molecule has 0 aromatic heterocycles. The molecule has 0 saturated heterocycles. The molecular formula is C19H32N2O4. The van der Waals surface area contributed by atoms with Crippen LogP contribution in [-0.2, 0) is 6.54 Å². The second-order valence-electron chi connectivity index (χ2n) is 6.56. The van der Waals surface area contributed by atoms with Gasteiger partial charge in [0.25, 0.3) is 5.91 Å². The summed E-state index contributed by atoms with van der Waals surface area (Å²) in [6, 6.07) is 1.93. The molecule has 0 bridgehead atoms. The van der Waals surface area contributed by atoms with Gasteiger partial charge in [-0.3, -0.25) is 4.79 Å². The zero-order valence-corrected chi connectivity index (χ0v) is 16.5. The molecule has 6 heteroatoms. The van der Waals surface area contributed by atoms with Crippen molar-refractivity contribution in [2.75, 3.05) is 27.4 Å². The van der Waals surface area contributed by atoms with Crippen LogP contribution in [0.5, 0.6) is 11.5 Å². The van der Waals surface area contributed by atoms with Crippen molar-refractivity contribution in [3.63, 3.8) is 0 Å². The van der Waals surface area contributed by atoms with Crippen molar-refractivity contribution in [3.05, 3.63) is 22.8 Å². The standard InChI is InChI=1S/C19H32N2O4/c1-12(2)21(13(3)4)19(23)15-10-17(24-6)14(5)18(25-7)16(15)11-20-8-9-22/h10,12-13,20,22H,8-9,11H2,1-7H3. The molecule has 0 atom stereocenters. The van der Waals surface area contributed by atoms with E-state index in [1.165, 1.54) is 0 Å². The summed E-state index contributed by atoms with van der Waals surface area (Å²) in [5, 5.41) is 12.2. The van der Waals surface area contributed by atoms with Gasteiger partial charge in [-0.1, -0.05) is 0 Å². The van der Waals surface area contributed by atoms with E-state index in [2.05, 4.69) is 5.32 Å². The van der Waals surface area contributed by atoms with Crippen molar-refractivity contribution in [3.8, 4) is 11.5 Å². The van der Waals surface area contributed by atoms with Gasteiger partial charge in [0.05, 0.1) is 26.4 Å². The minimum absolute atomic E-state index is 0.0326. The summed E-state index contributed by atoms with van der Waals surface area (Å²) in [5.74, 6) is 1.21. The summed E-state index contributed by atoms with van der Waals surface area (Å²) in [6.07, 6.45) is 0. The molecule has 0 unspecified atom stereocenters. The molecule has 1 amide bonds. The van der Waals surface area contributed by atoms with Crippen LogP contribution in [0, 0.1) is 6.92 Å². The Kier molecular flexibility index (Phi) is 8.19. The van der Waals surface area contributed by atoms with Gasteiger partial charge in [-0.05, 0) is 40.7 Å². The van der Waals surface area contributed by atoms with Crippen LogP contribution in [0.25, 0.3) is 0 Å².